The monoisotopic (exact) mass is 386 g/mol. The first-order valence-electron chi connectivity index (χ1n) is 6.87. The molecule has 0 bridgehead atoms. The predicted molar refractivity (Wildman–Crippen MR) is 86.7 cm³/mol. The molecule has 0 spiro atoms. The zero-order valence-electron chi connectivity index (χ0n) is 11.5. The van der Waals surface area contributed by atoms with E-state index in [1.54, 1.807) is 6.92 Å². The first kappa shape index (κ1) is 15.4. The van der Waals surface area contributed by atoms with Gasteiger partial charge in [0, 0.05) is 10.3 Å². The number of carbonyl (C=O) groups is 1. The minimum Gasteiger partial charge on any atom is -0.493 e. The summed E-state index contributed by atoms with van der Waals surface area (Å²) in [5.74, 6) is 0.727. The lowest BCUT2D eigenvalue weighted by molar-refractivity contribution is -0.137. The average molecular weight is 386 g/mol. The SMILES string of the molecule is CCOC(=O)/C=C1\OC(CI)CC1Cc1ccccc1. The van der Waals surface area contributed by atoms with Crippen LogP contribution >= 0.6 is 22.6 Å². The van der Waals surface area contributed by atoms with Gasteiger partial charge in [-0.15, -0.1) is 0 Å². The number of allylic oxidation sites excluding steroid dienone is 1. The predicted octanol–water partition coefficient (Wildman–Crippen LogP) is 3.52. The third kappa shape index (κ3) is 4.23. The molecule has 0 saturated carbocycles. The van der Waals surface area contributed by atoms with E-state index in [1.165, 1.54) is 11.6 Å². The van der Waals surface area contributed by atoms with Gasteiger partial charge in [-0.05, 0) is 25.3 Å². The van der Waals surface area contributed by atoms with E-state index in [1.807, 2.05) is 18.2 Å². The molecule has 1 saturated heterocycles. The van der Waals surface area contributed by atoms with E-state index >= 15 is 0 Å². The Bertz CT molecular complexity index is 470. The molecule has 0 aliphatic carbocycles. The fourth-order valence-corrected chi connectivity index (χ4v) is 2.94. The van der Waals surface area contributed by atoms with E-state index < -0.39 is 0 Å². The minimum atomic E-state index is -0.310. The second kappa shape index (κ2) is 7.67. The maximum absolute atomic E-state index is 11.6. The van der Waals surface area contributed by atoms with E-state index in [0.29, 0.717) is 6.61 Å². The van der Waals surface area contributed by atoms with Gasteiger partial charge in [0.25, 0.3) is 0 Å². The lowest BCUT2D eigenvalue weighted by Crippen LogP contribution is -2.07. The van der Waals surface area contributed by atoms with Crippen LogP contribution in [-0.4, -0.2) is 23.1 Å². The molecule has 0 N–H and O–H groups in total. The highest BCUT2D eigenvalue weighted by atomic mass is 127. The lowest BCUT2D eigenvalue weighted by atomic mass is 9.94. The van der Waals surface area contributed by atoms with Crippen molar-refractivity contribution in [2.24, 2.45) is 5.92 Å². The number of rotatable bonds is 5. The molecule has 4 heteroatoms. The largest absolute Gasteiger partial charge is 0.493 e. The molecule has 1 aromatic carbocycles. The number of halogens is 1. The third-order valence-electron chi connectivity index (χ3n) is 3.30. The zero-order valence-corrected chi connectivity index (χ0v) is 13.7. The molecule has 1 aliphatic rings. The Morgan fingerprint density at radius 3 is 2.85 bits per heavy atom. The maximum Gasteiger partial charge on any atom is 0.334 e. The summed E-state index contributed by atoms with van der Waals surface area (Å²) >= 11 is 2.32. The van der Waals surface area contributed by atoms with Crippen LogP contribution in [0.5, 0.6) is 0 Å². The molecule has 0 aromatic heterocycles. The highest BCUT2D eigenvalue weighted by molar-refractivity contribution is 14.1. The van der Waals surface area contributed by atoms with E-state index in [4.69, 9.17) is 9.47 Å². The van der Waals surface area contributed by atoms with Crippen molar-refractivity contribution < 1.29 is 14.3 Å². The number of hydrogen-bond acceptors (Lipinski definition) is 3. The Hall–Kier alpha value is -1.04. The van der Waals surface area contributed by atoms with E-state index in [2.05, 4.69) is 34.7 Å². The van der Waals surface area contributed by atoms with Crippen LogP contribution in [0.3, 0.4) is 0 Å². The Morgan fingerprint density at radius 1 is 1.45 bits per heavy atom. The van der Waals surface area contributed by atoms with Gasteiger partial charge in [0.15, 0.2) is 0 Å². The highest BCUT2D eigenvalue weighted by Crippen LogP contribution is 2.33. The molecular weight excluding hydrogens is 367 g/mol. The smallest absolute Gasteiger partial charge is 0.334 e. The van der Waals surface area contributed by atoms with E-state index in [0.717, 1.165) is 23.0 Å². The lowest BCUT2D eigenvalue weighted by Gasteiger charge is -2.10. The molecule has 1 fully saturated rings. The number of benzene rings is 1. The molecule has 3 nitrogen and oxygen atoms in total. The summed E-state index contributed by atoms with van der Waals surface area (Å²) in [6.07, 6.45) is 3.58. The molecule has 2 unspecified atom stereocenters. The Morgan fingerprint density at radius 2 is 2.20 bits per heavy atom. The summed E-state index contributed by atoms with van der Waals surface area (Å²) in [6.45, 7) is 2.20. The van der Waals surface area contributed by atoms with Crippen molar-refractivity contribution in [2.75, 3.05) is 11.0 Å². The standard InChI is InChI=1S/C16H19IO3/c1-2-19-16(18)10-15-13(9-14(11-17)20-15)8-12-6-4-3-5-7-12/h3-7,10,13-14H,2,8-9,11H2,1H3/b15-10-. The van der Waals surface area contributed by atoms with Gasteiger partial charge in [-0.3, -0.25) is 0 Å². The maximum atomic E-state index is 11.6. The molecule has 1 aliphatic heterocycles. The fourth-order valence-electron chi connectivity index (χ4n) is 2.40. The number of ether oxygens (including phenoxy) is 2. The second-order valence-electron chi connectivity index (χ2n) is 4.82. The number of alkyl halides is 1. The van der Waals surface area contributed by atoms with Crippen molar-refractivity contribution in [3.8, 4) is 0 Å². The molecule has 108 valence electrons. The van der Waals surface area contributed by atoms with Crippen molar-refractivity contribution in [3.63, 3.8) is 0 Å². The van der Waals surface area contributed by atoms with Gasteiger partial charge in [0.2, 0.25) is 0 Å². The second-order valence-corrected chi connectivity index (χ2v) is 5.70. The van der Waals surface area contributed by atoms with Crippen LogP contribution in [0.4, 0.5) is 0 Å². The van der Waals surface area contributed by atoms with Crippen molar-refractivity contribution in [2.45, 2.75) is 25.9 Å². The average Bonchev–Trinajstić information content (AvgIpc) is 2.82. The summed E-state index contributed by atoms with van der Waals surface area (Å²) in [4.78, 5) is 11.6. The zero-order chi connectivity index (χ0) is 14.4. The number of esters is 1. The van der Waals surface area contributed by atoms with Crippen molar-refractivity contribution in [1.82, 2.24) is 0 Å². The van der Waals surface area contributed by atoms with Crippen LogP contribution in [0.1, 0.15) is 18.9 Å². The molecule has 2 rings (SSSR count). The van der Waals surface area contributed by atoms with Gasteiger partial charge < -0.3 is 9.47 Å². The normalized spacial score (nSPS) is 23.6. The molecule has 1 aromatic rings. The van der Waals surface area contributed by atoms with Gasteiger partial charge in [-0.2, -0.15) is 0 Å². The third-order valence-corrected chi connectivity index (χ3v) is 4.28. The quantitative estimate of drug-likeness (QED) is 0.336. The summed E-state index contributed by atoms with van der Waals surface area (Å²) in [5, 5.41) is 0. The molecule has 20 heavy (non-hydrogen) atoms. The van der Waals surface area contributed by atoms with Crippen molar-refractivity contribution >= 4 is 28.6 Å². The van der Waals surface area contributed by atoms with Gasteiger partial charge in [-0.25, -0.2) is 4.79 Å². The van der Waals surface area contributed by atoms with Gasteiger partial charge in [-0.1, -0.05) is 52.9 Å². The van der Waals surface area contributed by atoms with Crippen LogP contribution < -0.4 is 0 Å². The summed E-state index contributed by atoms with van der Waals surface area (Å²) in [7, 11) is 0. The first-order valence-corrected chi connectivity index (χ1v) is 8.40. The highest BCUT2D eigenvalue weighted by Gasteiger charge is 2.31. The van der Waals surface area contributed by atoms with Crippen LogP contribution in [0.25, 0.3) is 0 Å². The molecule has 0 radical (unpaired) electrons. The Labute approximate surface area is 133 Å². The van der Waals surface area contributed by atoms with Crippen LogP contribution in [0.2, 0.25) is 0 Å². The number of hydrogen-bond donors (Lipinski definition) is 0. The van der Waals surface area contributed by atoms with Crippen LogP contribution in [0.15, 0.2) is 42.2 Å². The van der Waals surface area contributed by atoms with E-state index in [9.17, 15) is 4.79 Å². The van der Waals surface area contributed by atoms with Gasteiger partial charge >= 0.3 is 5.97 Å². The first-order chi connectivity index (χ1) is 9.72. The Balaban J connectivity index is 2.09. The minimum absolute atomic E-state index is 0.199. The van der Waals surface area contributed by atoms with Crippen molar-refractivity contribution in [3.05, 3.63) is 47.7 Å². The molecule has 2 atom stereocenters. The van der Waals surface area contributed by atoms with Crippen LogP contribution in [0, 0.1) is 5.92 Å². The Kier molecular flexibility index (Phi) is 5.88. The molecular formula is C16H19IO3. The van der Waals surface area contributed by atoms with Gasteiger partial charge in [0.1, 0.15) is 11.9 Å². The summed E-state index contributed by atoms with van der Waals surface area (Å²) in [5.41, 5.74) is 1.27. The number of carbonyl (C=O) groups excluding carboxylic acids is 1. The summed E-state index contributed by atoms with van der Waals surface area (Å²) in [6, 6.07) is 10.3. The van der Waals surface area contributed by atoms with Crippen molar-refractivity contribution in [1.29, 1.82) is 0 Å². The fraction of sp³-hybridized carbons (Fsp3) is 0.438. The van der Waals surface area contributed by atoms with Gasteiger partial charge in [0.05, 0.1) is 12.7 Å². The molecule has 1 heterocycles. The summed E-state index contributed by atoms with van der Waals surface area (Å²) < 4.78 is 11.8. The topological polar surface area (TPSA) is 35.5 Å². The van der Waals surface area contributed by atoms with Crippen LogP contribution in [-0.2, 0) is 20.7 Å². The van der Waals surface area contributed by atoms with E-state index in [-0.39, 0.29) is 18.0 Å². The molecule has 0 amide bonds.